The summed E-state index contributed by atoms with van der Waals surface area (Å²) in [5.41, 5.74) is 0.474. The van der Waals surface area contributed by atoms with E-state index in [2.05, 4.69) is 10.3 Å². The summed E-state index contributed by atoms with van der Waals surface area (Å²) in [5, 5.41) is 3.70. The van der Waals surface area contributed by atoms with Gasteiger partial charge >= 0.3 is 0 Å². The Bertz CT molecular complexity index is 405. The van der Waals surface area contributed by atoms with Crippen LogP contribution in [0.4, 0.5) is 0 Å². The van der Waals surface area contributed by atoms with Gasteiger partial charge in [0.05, 0.1) is 5.02 Å². The zero-order valence-corrected chi connectivity index (χ0v) is 11.3. The van der Waals surface area contributed by atoms with Crippen LogP contribution in [0.3, 0.4) is 0 Å². The summed E-state index contributed by atoms with van der Waals surface area (Å²) in [6.07, 6.45) is 4.83. The van der Waals surface area contributed by atoms with Crippen molar-refractivity contribution < 1.29 is 4.79 Å². The number of hydrogen-bond donors (Lipinski definition) is 1. The van der Waals surface area contributed by atoms with E-state index in [1.807, 2.05) is 11.9 Å². The number of carbonyl (C=O) groups excluding carboxylic acids is 1. The molecular formula is C13H18ClN3O. The number of aromatic nitrogens is 1. The molecule has 1 aliphatic rings. The van der Waals surface area contributed by atoms with Crippen molar-refractivity contribution in [3.05, 3.63) is 29.0 Å². The van der Waals surface area contributed by atoms with Gasteiger partial charge in [-0.2, -0.15) is 0 Å². The fourth-order valence-electron chi connectivity index (χ4n) is 2.37. The Balaban J connectivity index is 2.12. The molecule has 1 atom stereocenters. The minimum atomic E-state index is 0.00613. The Hall–Kier alpha value is -1.13. The summed E-state index contributed by atoms with van der Waals surface area (Å²) < 4.78 is 0. The number of nitrogens with one attached hydrogen (secondary N) is 1. The van der Waals surface area contributed by atoms with Crippen molar-refractivity contribution in [2.75, 3.05) is 20.1 Å². The fourth-order valence-corrected chi connectivity index (χ4v) is 2.48. The molecule has 1 aliphatic heterocycles. The number of rotatable bonds is 3. The largest absolute Gasteiger partial charge is 0.333 e. The normalized spacial score (nSPS) is 19.9. The van der Waals surface area contributed by atoms with Gasteiger partial charge in [-0.25, -0.2) is 4.98 Å². The van der Waals surface area contributed by atoms with Crippen LogP contribution >= 0.6 is 11.6 Å². The molecule has 0 spiro atoms. The molecule has 1 amide bonds. The van der Waals surface area contributed by atoms with Crippen LogP contribution in [0.25, 0.3) is 0 Å². The van der Waals surface area contributed by atoms with Gasteiger partial charge in [0, 0.05) is 25.3 Å². The topological polar surface area (TPSA) is 45.2 Å². The molecule has 0 saturated carbocycles. The summed E-state index contributed by atoms with van der Waals surface area (Å²) in [6, 6.07) is 3.67. The standard InChI is InChI=1S/C13H18ClN3O/c1-15-9-11-4-2-3-7-17(11)13(18)12-6-5-10(14)8-16-12/h5-6,8,11,15H,2-4,7,9H2,1H3. The zero-order chi connectivity index (χ0) is 13.0. The van der Waals surface area contributed by atoms with Crippen LogP contribution in [0.1, 0.15) is 29.8 Å². The second-order valence-corrected chi connectivity index (χ2v) is 5.00. The summed E-state index contributed by atoms with van der Waals surface area (Å²) in [6.45, 7) is 1.65. The van der Waals surface area contributed by atoms with Crippen molar-refractivity contribution in [3.63, 3.8) is 0 Å². The second kappa shape index (κ2) is 6.16. The zero-order valence-electron chi connectivity index (χ0n) is 10.5. The number of pyridine rings is 1. The van der Waals surface area contributed by atoms with Crippen molar-refractivity contribution in [1.29, 1.82) is 0 Å². The number of likely N-dealkylation sites (N-methyl/N-ethyl adjacent to an activating group) is 1. The van der Waals surface area contributed by atoms with Crippen LogP contribution in [-0.4, -0.2) is 42.0 Å². The molecule has 18 heavy (non-hydrogen) atoms. The molecular weight excluding hydrogens is 250 g/mol. The minimum Gasteiger partial charge on any atom is -0.333 e. The second-order valence-electron chi connectivity index (χ2n) is 4.57. The van der Waals surface area contributed by atoms with Gasteiger partial charge in [-0.3, -0.25) is 4.79 Å². The van der Waals surface area contributed by atoms with Crippen molar-refractivity contribution in [1.82, 2.24) is 15.2 Å². The molecule has 1 saturated heterocycles. The van der Waals surface area contributed by atoms with E-state index in [4.69, 9.17) is 11.6 Å². The Morgan fingerprint density at radius 2 is 2.39 bits per heavy atom. The molecule has 1 aromatic rings. The first-order chi connectivity index (χ1) is 8.72. The number of likely N-dealkylation sites (tertiary alicyclic amines) is 1. The lowest BCUT2D eigenvalue weighted by Gasteiger charge is -2.35. The van der Waals surface area contributed by atoms with Crippen molar-refractivity contribution in [2.45, 2.75) is 25.3 Å². The minimum absolute atomic E-state index is 0.00613. The van der Waals surface area contributed by atoms with E-state index in [1.54, 1.807) is 12.1 Å². The first kappa shape index (κ1) is 13.3. The van der Waals surface area contributed by atoms with E-state index in [9.17, 15) is 4.79 Å². The quantitative estimate of drug-likeness (QED) is 0.911. The summed E-state index contributed by atoms with van der Waals surface area (Å²) in [7, 11) is 1.91. The van der Waals surface area contributed by atoms with Crippen LogP contribution in [0.5, 0.6) is 0 Å². The molecule has 98 valence electrons. The van der Waals surface area contributed by atoms with E-state index in [1.165, 1.54) is 12.6 Å². The van der Waals surface area contributed by atoms with E-state index in [-0.39, 0.29) is 11.9 Å². The van der Waals surface area contributed by atoms with Gasteiger partial charge in [0.1, 0.15) is 5.69 Å². The number of hydrogen-bond acceptors (Lipinski definition) is 3. The number of amides is 1. The summed E-state index contributed by atoms with van der Waals surface area (Å²) in [5.74, 6) is 0.00613. The third-order valence-corrected chi connectivity index (χ3v) is 3.50. The maximum Gasteiger partial charge on any atom is 0.272 e. The predicted molar refractivity (Wildman–Crippen MR) is 71.8 cm³/mol. The molecule has 4 nitrogen and oxygen atoms in total. The molecule has 1 fully saturated rings. The first-order valence-corrected chi connectivity index (χ1v) is 6.67. The molecule has 2 heterocycles. The highest BCUT2D eigenvalue weighted by Crippen LogP contribution is 2.19. The summed E-state index contributed by atoms with van der Waals surface area (Å²) >= 11 is 5.78. The van der Waals surface area contributed by atoms with Gasteiger partial charge < -0.3 is 10.2 Å². The third kappa shape index (κ3) is 3.00. The number of nitrogens with zero attached hydrogens (tertiary/aromatic N) is 2. The van der Waals surface area contributed by atoms with Crippen molar-refractivity contribution >= 4 is 17.5 Å². The maximum absolute atomic E-state index is 12.4. The van der Waals surface area contributed by atoms with Gasteiger partial charge in [-0.15, -0.1) is 0 Å². The smallest absolute Gasteiger partial charge is 0.272 e. The predicted octanol–water partition coefficient (Wildman–Crippen LogP) is 1.95. The molecule has 1 N–H and O–H groups in total. The lowest BCUT2D eigenvalue weighted by Crippen LogP contribution is -2.48. The van der Waals surface area contributed by atoms with E-state index in [0.717, 1.165) is 25.9 Å². The van der Waals surface area contributed by atoms with Crippen LogP contribution in [-0.2, 0) is 0 Å². The summed E-state index contributed by atoms with van der Waals surface area (Å²) in [4.78, 5) is 18.4. The average Bonchev–Trinajstić information content (AvgIpc) is 2.40. The van der Waals surface area contributed by atoms with Crippen LogP contribution in [0.15, 0.2) is 18.3 Å². The SMILES string of the molecule is CNCC1CCCCN1C(=O)c1ccc(Cl)cn1. The molecule has 0 radical (unpaired) electrons. The molecule has 0 aromatic carbocycles. The Kier molecular flexibility index (Phi) is 4.55. The van der Waals surface area contributed by atoms with Crippen LogP contribution < -0.4 is 5.32 Å². The highest BCUT2D eigenvalue weighted by Gasteiger charge is 2.27. The molecule has 1 aromatic heterocycles. The van der Waals surface area contributed by atoms with Crippen molar-refractivity contribution in [3.8, 4) is 0 Å². The van der Waals surface area contributed by atoms with E-state index in [0.29, 0.717) is 10.7 Å². The molecule has 0 bridgehead atoms. The Morgan fingerprint density at radius 1 is 1.56 bits per heavy atom. The van der Waals surface area contributed by atoms with Gasteiger partial charge in [0.2, 0.25) is 0 Å². The lowest BCUT2D eigenvalue weighted by atomic mass is 10.0. The number of piperidine rings is 1. The molecule has 0 aliphatic carbocycles. The van der Waals surface area contributed by atoms with Crippen LogP contribution in [0, 0.1) is 0 Å². The molecule has 1 unspecified atom stereocenters. The average molecular weight is 268 g/mol. The fraction of sp³-hybridized carbons (Fsp3) is 0.538. The Labute approximate surface area is 112 Å². The number of halogens is 1. The van der Waals surface area contributed by atoms with Gasteiger partial charge in [0.25, 0.3) is 5.91 Å². The number of carbonyl (C=O) groups is 1. The van der Waals surface area contributed by atoms with Gasteiger partial charge in [-0.1, -0.05) is 11.6 Å². The highest BCUT2D eigenvalue weighted by atomic mass is 35.5. The molecule has 5 heteroatoms. The monoisotopic (exact) mass is 267 g/mol. The lowest BCUT2D eigenvalue weighted by molar-refractivity contribution is 0.0609. The maximum atomic E-state index is 12.4. The third-order valence-electron chi connectivity index (χ3n) is 3.27. The van der Waals surface area contributed by atoms with E-state index < -0.39 is 0 Å². The Morgan fingerprint density at radius 3 is 3.06 bits per heavy atom. The highest BCUT2D eigenvalue weighted by molar-refractivity contribution is 6.30. The first-order valence-electron chi connectivity index (χ1n) is 6.29. The molecule has 2 rings (SSSR count). The van der Waals surface area contributed by atoms with E-state index >= 15 is 0 Å². The van der Waals surface area contributed by atoms with Crippen LogP contribution in [0.2, 0.25) is 5.02 Å². The van der Waals surface area contributed by atoms with Crippen molar-refractivity contribution in [2.24, 2.45) is 0 Å². The van der Waals surface area contributed by atoms with Gasteiger partial charge in [0.15, 0.2) is 0 Å². The van der Waals surface area contributed by atoms with Gasteiger partial charge in [-0.05, 0) is 38.4 Å².